The summed E-state index contributed by atoms with van der Waals surface area (Å²) in [5.41, 5.74) is 4.45. The Labute approximate surface area is 132 Å². The normalized spacial score (nSPS) is 10.4. The zero-order chi connectivity index (χ0) is 14.9. The van der Waals surface area contributed by atoms with E-state index in [1.165, 1.54) is 0 Å². The SMILES string of the molecule is Cc1cc(C)c(NC(=O)c2ccc(C)c(Cl)c2)c(Br)c1. The molecule has 0 radical (unpaired) electrons. The molecule has 20 heavy (non-hydrogen) atoms. The Kier molecular flexibility index (Phi) is 4.51. The van der Waals surface area contributed by atoms with Gasteiger partial charge in [-0.05, 0) is 71.6 Å². The van der Waals surface area contributed by atoms with Crippen molar-refractivity contribution in [2.75, 3.05) is 5.32 Å². The maximum Gasteiger partial charge on any atom is 0.255 e. The Bertz CT molecular complexity index is 659. The second-order valence-corrected chi connectivity index (χ2v) is 6.12. The molecule has 104 valence electrons. The van der Waals surface area contributed by atoms with Crippen molar-refractivity contribution in [3.8, 4) is 0 Å². The van der Waals surface area contributed by atoms with Crippen molar-refractivity contribution in [3.05, 3.63) is 62.1 Å². The van der Waals surface area contributed by atoms with Crippen molar-refractivity contribution in [2.45, 2.75) is 20.8 Å². The van der Waals surface area contributed by atoms with Crippen LogP contribution in [-0.4, -0.2) is 5.91 Å². The largest absolute Gasteiger partial charge is 0.321 e. The number of anilines is 1. The molecule has 0 aliphatic heterocycles. The molecule has 4 heteroatoms. The zero-order valence-corrected chi connectivity index (χ0v) is 13.9. The van der Waals surface area contributed by atoms with Crippen LogP contribution in [0, 0.1) is 20.8 Å². The van der Waals surface area contributed by atoms with Crippen molar-refractivity contribution in [3.63, 3.8) is 0 Å². The number of carbonyl (C=O) groups is 1. The van der Waals surface area contributed by atoms with Crippen LogP contribution >= 0.6 is 27.5 Å². The molecular formula is C16H15BrClNO. The van der Waals surface area contributed by atoms with Gasteiger partial charge < -0.3 is 5.32 Å². The average Bonchev–Trinajstić information content (AvgIpc) is 2.36. The number of hydrogen-bond acceptors (Lipinski definition) is 1. The Balaban J connectivity index is 2.30. The summed E-state index contributed by atoms with van der Waals surface area (Å²) in [6, 6.07) is 9.30. The number of carbonyl (C=O) groups excluding carboxylic acids is 1. The van der Waals surface area contributed by atoms with Crippen LogP contribution in [0.3, 0.4) is 0 Å². The number of amides is 1. The van der Waals surface area contributed by atoms with E-state index in [0.717, 1.165) is 26.9 Å². The van der Waals surface area contributed by atoms with E-state index in [0.29, 0.717) is 10.6 Å². The summed E-state index contributed by atoms with van der Waals surface area (Å²) in [7, 11) is 0. The van der Waals surface area contributed by atoms with Crippen LogP contribution in [0.1, 0.15) is 27.0 Å². The quantitative estimate of drug-likeness (QED) is 0.782. The highest BCUT2D eigenvalue weighted by Crippen LogP contribution is 2.28. The Morgan fingerprint density at radius 2 is 1.80 bits per heavy atom. The van der Waals surface area contributed by atoms with Gasteiger partial charge >= 0.3 is 0 Å². The van der Waals surface area contributed by atoms with Crippen LogP contribution in [0.15, 0.2) is 34.8 Å². The summed E-state index contributed by atoms with van der Waals surface area (Å²) >= 11 is 9.54. The number of hydrogen-bond donors (Lipinski definition) is 1. The van der Waals surface area contributed by atoms with E-state index in [4.69, 9.17) is 11.6 Å². The van der Waals surface area contributed by atoms with Crippen LogP contribution in [0.5, 0.6) is 0 Å². The monoisotopic (exact) mass is 351 g/mol. The van der Waals surface area contributed by atoms with Crippen LogP contribution in [0.2, 0.25) is 5.02 Å². The molecule has 1 N–H and O–H groups in total. The fraction of sp³-hybridized carbons (Fsp3) is 0.188. The highest BCUT2D eigenvalue weighted by Gasteiger charge is 2.12. The van der Waals surface area contributed by atoms with Gasteiger partial charge in [-0.2, -0.15) is 0 Å². The highest BCUT2D eigenvalue weighted by atomic mass is 79.9. The van der Waals surface area contributed by atoms with Gasteiger partial charge in [-0.25, -0.2) is 0 Å². The minimum absolute atomic E-state index is 0.167. The lowest BCUT2D eigenvalue weighted by atomic mass is 10.1. The first-order chi connectivity index (χ1) is 9.38. The first-order valence-electron chi connectivity index (χ1n) is 6.22. The Morgan fingerprint density at radius 3 is 2.40 bits per heavy atom. The van der Waals surface area contributed by atoms with E-state index in [2.05, 4.69) is 21.2 Å². The van der Waals surface area contributed by atoms with Crippen molar-refractivity contribution < 1.29 is 4.79 Å². The number of halogens is 2. The van der Waals surface area contributed by atoms with E-state index in [9.17, 15) is 4.79 Å². The summed E-state index contributed by atoms with van der Waals surface area (Å²) in [6.45, 7) is 5.89. The maximum atomic E-state index is 12.3. The second-order valence-electron chi connectivity index (χ2n) is 4.86. The van der Waals surface area contributed by atoms with Crippen LogP contribution < -0.4 is 5.32 Å². The van der Waals surface area contributed by atoms with Crippen molar-refractivity contribution in [2.24, 2.45) is 0 Å². The molecule has 0 heterocycles. The maximum absolute atomic E-state index is 12.3. The van der Waals surface area contributed by atoms with Crippen molar-refractivity contribution in [1.82, 2.24) is 0 Å². The summed E-state index contributed by atoms with van der Waals surface area (Å²) in [4.78, 5) is 12.3. The van der Waals surface area contributed by atoms with Crippen LogP contribution in [-0.2, 0) is 0 Å². The second kappa shape index (κ2) is 5.98. The zero-order valence-electron chi connectivity index (χ0n) is 11.6. The first kappa shape index (κ1) is 15.1. The third-order valence-corrected chi connectivity index (χ3v) is 4.14. The summed E-state index contributed by atoms with van der Waals surface area (Å²) in [5, 5.41) is 3.52. The molecule has 2 rings (SSSR count). The van der Waals surface area contributed by atoms with Crippen molar-refractivity contribution >= 4 is 39.1 Å². The molecule has 0 fully saturated rings. The lowest BCUT2D eigenvalue weighted by Crippen LogP contribution is -2.13. The number of benzene rings is 2. The fourth-order valence-corrected chi connectivity index (χ4v) is 2.95. The molecule has 2 aromatic carbocycles. The Morgan fingerprint density at radius 1 is 1.10 bits per heavy atom. The third-order valence-electron chi connectivity index (χ3n) is 3.10. The molecule has 0 aliphatic rings. The lowest BCUT2D eigenvalue weighted by molar-refractivity contribution is 0.102. The van der Waals surface area contributed by atoms with Gasteiger partial charge in [-0.3, -0.25) is 4.79 Å². The molecule has 0 saturated heterocycles. The molecule has 0 bridgehead atoms. The Hall–Kier alpha value is -1.32. The highest BCUT2D eigenvalue weighted by molar-refractivity contribution is 9.10. The topological polar surface area (TPSA) is 29.1 Å². The smallest absolute Gasteiger partial charge is 0.255 e. The molecule has 1 amide bonds. The van der Waals surface area contributed by atoms with Gasteiger partial charge in [0, 0.05) is 15.1 Å². The molecule has 2 nitrogen and oxygen atoms in total. The molecule has 2 aromatic rings. The average molecular weight is 353 g/mol. The van der Waals surface area contributed by atoms with E-state index in [1.807, 2.05) is 39.0 Å². The molecule has 0 unspecified atom stereocenters. The van der Waals surface area contributed by atoms with Crippen molar-refractivity contribution in [1.29, 1.82) is 0 Å². The molecule has 0 aliphatic carbocycles. The van der Waals surface area contributed by atoms with E-state index in [1.54, 1.807) is 12.1 Å². The van der Waals surface area contributed by atoms with Gasteiger partial charge in [0.15, 0.2) is 0 Å². The van der Waals surface area contributed by atoms with E-state index >= 15 is 0 Å². The van der Waals surface area contributed by atoms with Crippen LogP contribution in [0.4, 0.5) is 5.69 Å². The number of aryl methyl sites for hydroxylation is 3. The van der Waals surface area contributed by atoms with Gasteiger partial charge in [0.1, 0.15) is 0 Å². The minimum atomic E-state index is -0.167. The van der Waals surface area contributed by atoms with E-state index in [-0.39, 0.29) is 5.91 Å². The van der Waals surface area contributed by atoms with Gasteiger partial charge in [-0.1, -0.05) is 23.7 Å². The molecule has 0 atom stereocenters. The predicted molar refractivity (Wildman–Crippen MR) is 87.8 cm³/mol. The summed E-state index contributed by atoms with van der Waals surface area (Å²) in [6.07, 6.45) is 0. The minimum Gasteiger partial charge on any atom is -0.321 e. The number of nitrogens with one attached hydrogen (secondary N) is 1. The van der Waals surface area contributed by atoms with Gasteiger partial charge in [-0.15, -0.1) is 0 Å². The van der Waals surface area contributed by atoms with Gasteiger partial charge in [0.25, 0.3) is 5.91 Å². The first-order valence-corrected chi connectivity index (χ1v) is 7.40. The lowest BCUT2D eigenvalue weighted by Gasteiger charge is -2.12. The molecule has 0 saturated carbocycles. The van der Waals surface area contributed by atoms with Gasteiger partial charge in [0.05, 0.1) is 5.69 Å². The summed E-state index contributed by atoms with van der Waals surface area (Å²) < 4.78 is 0.876. The standard InChI is InChI=1S/C16H15BrClNO/c1-9-6-11(3)15(13(17)7-9)19-16(20)12-5-4-10(2)14(18)8-12/h4-8H,1-3H3,(H,19,20). The number of rotatable bonds is 2. The van der Waals surface area contributed by atoms with Gasteiger partial charge in [0.2, 0.25) is 0 Å². The predicted octanol–water partition coefficient (Wildman–Crippen LogP) is 5.28. The molecular weight excluding hydrogens is 338 g/mol. The third kappa shape index (κ3) is 3.22. The molecule has 0 spiro atoms. The fourth-order valence-electron chi connectivity index (χ4n) is 1.99. The van der Waals surface area contributed by atoms with E-state index < -0.39 is 0 Å². The van der Waals surface area contributed by atoms with Crippen LogP contribution in [0.25, 0.3) is 0 Å². The molecule has 0 aromatic heterocycles. The summed E-state index contributed by atoms with van der Waals surface area (Å²) in [5.74, 6) is -0.167.